The monoisotopic (exact) mass is 300 g/mol. The Morgan fingerprint density at radius 3 is 2.65 bits per heavy atom. The van der Waals surface area contributed by atoms with E-state index in [9.17, 15) is 13.2 Å². The molecular formula is C12H7F3N2O2S. The number of ether oxygens (including phenoxy) is 2. The lowest BCUT2D eigenvalue weighted by Crippen LogP contribution is -2.09. The molecule has 3 rings (SSSR count). The van der Waals surface area contributed by atoms with Crippen LogP contribution >= 0.6 is 12.2 Å². The van der Waals surface area contributed by atoms with E-state index in [1.54, 1.807) is 18.2 Å². The zero-order chi connectivity index (χ0) is 14.3. The van der Waals surface area contributed by atoms with E-state index in [1.807, 2.05) is 4.98 Å². The second-order valence-corrected chi connectivity index (χ2v) is 4.44. The Hall–Kier alpha value is -2.09. The van der Waals surface area contributed by atoms with Crippen LogP contribution in [-0.4, -0.2) is 16.8 Å². The number of nitrogens with zero attached hydrogens (tertiary/aromatic N) is 1. The van der Waals surface area contributed by atoms with Crippen molar-refractivity contribution in [2.45, 2.75) is 6.18 Å². The number of aromatic nitrogens is 2. The van der Waals surface area contributed by atoms with Gasteiger partial charge in [-0.3, -0.25) is 0 Å². The molecule has 1 aromatic carbocycles. The summed E-state index contributed by atoms with van der Waals surface area (Å²) >= 11 is 4.73. The Bertz CT molecular complexity index is 727. The summed E-state index contributed by atoms with van der Waals surface area (Å²) in [7, 11) is 0. The summed E-state index contributed by atoms with van der Waals surface area (Å²) in [6.07, 6.45) is -4.51. The molecule has 1 N–H and O–H groups in total. The number of H-pyrrole nitrogens is 1. The summed E-state index contributed by atoms with van der Waals surface area (Å²) in [4.78, 5) is 5.94. The SMILES string of the molecule is FC(F)(F)c1cc(-c2ccc3c(c2)OCO3)nc(=S)[nH]1. The molecule has 0 amide bonds. The van der Waals surface area contributed by atoms with Crippen molar-refractivity contribution in [1.82, 2.24) is 9.97 Å². The average Bonchev–Trinajstić information content (AvgIpc) is 2.84. The predicted molar refractivity (Wildman–Crippen MR) is 66.0 cm³/mol. The minimum Gasteiger partial charge on any atom is -0.454 e. The summed E-state index contributed by atoms with van der Waals surface area (Å²) in [6, 6.07) is 5.70. The van der Waals surface area contributed by atoms with E-state index in [1.165, 1.54) is 0 Å². The predicted octanol–water partition coefficient (Wildman–Crippen LogP) is 3.55. The standard InChI is InChI=1S/C12H7F3N2O2S/c13-12(14,15)10-4-7(16-11(20)17-10)6-1-2-8-9(3-6)19-5-18-8/h1-4H,5H2,(H,16,17,20). The van der Waals surface area contributed by atoms with E-state index in [4.69, 9.17) is 21.7 Å². The van der Waals surface area contributed by atoms with Crippen LogP contribution in [0.25, 0.3) is 11.3 Å². The van der Waals surface area contributed by atoms with Crippen molar-refractivity contribution in [3.05, 3.63) is 34.7 Å². The van der Waals surface area contributed by atoms with Crippen LogP contribution in [-0.2, 0) is 6.18 Å². The maximum Gasteiger partial charge on any atom is 0.431 e. The minimum atomic E-state index is -4.51. The maximum absolute atomic E-state index is 12.7. The molecule has 0 saturated carbocycles. The highest BCUT2D eigenvalue weighted by Gasteiger charge is 2.32. The third kappa shape index (κ3) is 2.34. The lowest BCUT2D eigenvalue weighted by molar-refractivity contribution is -0.141. The Morgan fingerprint density at radius 1 is 1.15 bits per heavy atom. The summed E-state index contributed by atoms with van der Waals surface area (Å²) < 4.78 is 48.3. The molecule has 2 heterocycles. The van der Waals surface area contributed by atoms with Crippen molar-refractivity contribution >= 4 is 12.2 Å². The fourth-order valence-corrected chi connectivity index (χ4v) is 2.02. The smallest absolute Gasteiger partial charge is 0.431 e. The molecule has 1 aliphatic rings. The van der Waals surface area contributed by atoms with Crippen molar-refractivity contribution in [2.75, 3.05) is 6.79 Å². The first kappa shape index (κ1) is 12.9. The van der Waals surface area contributed by atoms with Gasteiger partial charge in [0.1, 0.15) is 5.69 Å². The average molecular weight is 300 g/mol. The fourth-order valence-electron chi connectivity index (χ4n) is 1.81. The van der Waals surface area contributed by atoms with Crippen LogP contribution in [0.2, 0.25) is 0 Å². The maximum atomic E-state index is 12.7. The van der Waals surface area contributed by atoms with E-state index < -0.39 is 11.9 Å². The molecule has 0 radical (unpaired) electrons. The largest absolute Gasteiger partial charge is 0.454 e. The molecule has 0 fully saturated rings. The lowest BCUT2D eigenvalue weighted by atomic mass is 10.1. The van der Waals surface area contributed by atoms with Crippen LogP contribution in [0.3, 0.4) is 0 Å². The van der Waals surface area contributed by atoms with Gasteiger partial charge in [-0.2, -0.15) is 13.2 Å². The topological polar surface area (TPSA) is 47.1 Å². The summed E-state index contributed by atoms with van der Waals surface area (Å²) in [5.41, 5.74) is -0.343. The van der Waals surface area contributed by atoms with E-state index in [0.717, 1.165) is 6.07 Å². The van der Waals surface area contributed by atoms with E-state index in [0.29, 0.717) is 17.1 Å². The molecule has 1 aliphatic heterocycles. The van der Waals surface area contributed by atoms with Crippen molar-refractivity contribution in [3.63, 3.8) is 0 Å². The molecule has 0 saturated heterocycles. The van der Waals surface area contributed by atoms with E-state index >= 15 is 0 Å². The van der Waals surface area contributed by atoms with Crippen molar-refractivity contribution in [1.29, 1.82) is 0 Å². The first-order valence-corrected chi connectivity index (χ1v) is 5.93. The van der Waals surface area contributed by atoms with Gasteiger partial charge < -0.3 is 14.5 Å². The number of nitrogens with one attached hydrogen (secondary N) is 1. The van der Waals surface area contributed by atoms with Crippen LogP contribution in [0, 0.1) is 4.77 Å². The number of rotatable bonds is 1. The minimum absolute atomic E-state index is 0.0921. The lowest BCUT2D eigenvalue weighted by Gasteiger charge is -2.08. The van der Waals surface area contributed by atoms with Gasteiger partial charge in [0.25, 0.3) is 0 Å². The van der Waals surface area contributed by atoms with Gasteiger partial charge in [-0.15, -0.1) is 0 Å². The van der Waals surface area contributed by atoms with Gasteiger partial charge in [-0.1, -0.05) is 0 Å². The Morgan fingerprint density at radius 2 is 1.90 bits per heavy atom. The molecule has 0 atom stereocenters. The third-order valence-corrected chi connectivity index (χ3v) is 2.91. The number of alkyl halides is 3. The molecule has 1 aromatic heterocycles. The Balaban J connectivity index is 2.10. The van der Waals surface area contributed by atoms with Crippen LogP contribution in [0.1, 0.15) is 5.69 Å². The number of benzene rings is 1. The molecule has 2 aromatic rings. The van der Waals surface area contributed by atoms with E-state index in [2.05, 4.69) is 4.98 Å². The first-order chi connectivity index (χ1) is 9.43. The molecule has 0 aliphatic carbocycles. The third-order valence-electron chi connectivity index (χ3n) is 2.72. The summed E-state index contributed by atoms with van der Waals surface area (Å²) in [5, 5.41) is 0. The summed E-state index contributed by atoms with van der Waals surface area (Å²) in [6.45, 7) is 0.0921. The van der Waals surface area contributed by atoms with Crippen LogP contribution in [0.5, 0.6) is 11.5 Å². The van der Waals surface area contributed by atoms with Crippen molar-refractivity contribution in [2.24, 2.45) is 0 Å². The van der Waals surface area contributed by atoms with Crippen molar-refractivity contribution in [3.8, 4) is 22.8 Å². The Labute approximate surface area is 116 Å². The van der Waals surface area contributed by atoms with Gasteiger partial charge in [0, 0.05) is 5.56 Å². The highest BCUT2D eigenvalue weighted by atomic mass is 32.1. The molecule has 4 nitrogen and oxygen atoms in total. The zero-order valence-electron chi connectivity index (χ0n) is 9.82. The molecule has 20 heavy (non-hydrogen) atoms. The number of aromatic amines is 1. The first-order valence-electron chi connectivity index (χ1n) is 5.52. The summed E-state index contributed by atoms with van der Waals surface area (Å²) in [5.74, 6) is 1.02. The quantitative estimate of drug-likeness (QED) is 0.818. The molecule has 0 unspecified atom stereocenters. The second-order valence-electron chi connectivity index (χ2n) is 4.05. The van der Waals surface area contributed by atoms with E-state index in [-0.39, 0.29) is 17.3 Å². The zero-order valence-corrected chi connectivity index (χ0v) is 10.6. The fraction of sp³-hybridized carbons (Fsp3) is 0.167. The number of halogens is 3. The van der Waals surface area contributed by atoms with Gasteiger partial charge in [-0.05, 0) is 36.5 Å². The highest BCUT2D eigenvalue weighted by Crippen LogP contribution is 2.36. The van der Waals surface area contributed by atoms with Crippen LogP contribution < -0.4 is 9.47 Å². The van der Waals surface area contributed by atoms with Gasteiger partial charge in [0.15, 0.2) is 16.3 Å². The Kier molecular flexibility index (Phi) is 2.89. The number of fused-ring (bicyclic) bond motifs is 1. The van der Waals surface area contributed by atoms with Gasteiger partial charge in [0.2, 0.25) is 6.79 Å². The normalized spacial score (nSPS) is 13.6. The van der Waals surface area contributed by atoms with Gasteiger partial charge in [-0.25, -0.2) is 4.98 Å². The van der Waals surface area contributed by atoms with Gasteiger partial charge in [0.05, 0.1) is 5.69 Å². The molecule has 104 valence electrons. The number of hydrogen-bond donors (Lipinski definition) is 1. The molecule has 0 bridgehead atoms. The highest BCUT2D eigenvalue weighted by molar-refractivity contribution is 7.71. The second kappa shape index (κ2) is 4.48. The molecule has 0 spiro atoms. The van der Waals surface area contributed by atoms with Crippen LogP contribution in [0.4, 0.5) is 13.2 Å². The molecular weight excluding hydrogens is 293 g/mol. The molecule has 8 heteroatoms. The van der Waals surface area contributed by atoms with Crippen molar-refractivity contribution < 1.29 is 22.6 Å². The van der Waals surface area contributed by atoms with Gasteiger partial charge >= 0.3 is 6.18 Å². The number of hydrogen-bond acceptors (Lipinski definition) is 4. The van der Waals surface area contributed by atoms with Crippen LogP contribution in [0.15, 0.2) is 24.3 Å².